The van der Waals surface area contributed by atoms with Crippen molar-refractivity contribution in [1.29, 1.82) is 0 Å². The normalized spacial score (nSPS) is 25.0. The third-order valence-corrected chi connectivity index (χ3v) is 7.06. The molecule has 0 unspecified atom stereocenters. The fourth-order valence-electron chi connectivity index (χ4n) is 3.45. The van der Waals surface area contributed by atoms with Gasteiger partial charge in [-0.2, -0.15) is 0 Å². The summed E-state index contributed by atoms with van der Waals surface area (Å²) in [5.41, 5.74) is 0.616. The molecular formula is C14H20N4O5S2. The van der Waals surface area contributed by atoms with E-state index in [4.69, 9.17) is 4.74 Å². The SMILES string of the molecule is CCc1nnsc1C(=O)N1CCN(C(=O)COC)[C@@H]2CS(=O)(=O)C[C@@H]21. The van der Waals surface area contributed by atoms with Gasteiger partial charge in [0, 0.05) is 20.2 Å². The monoisotopic (exact) mass is 388 g/mol. The number of methoxy groups -OCH3 is 1. The summed E-state index contributed by atoms with van der Waals surface area (Å²) in [7, 11) is -1.90. The maximum absolute atomic E-state index is 12.9. The lowest BCUT2D eigenvalue weighted by Crippen LogP contribution is -2.62. The maximum atomic E-state index is 12.9. The first-order valence-corrected chi connectivity index (χ1v) is 10.6. The van der Waals surface area contributed by atoms with E-state index in [1.807, 2.05) is 6.92 Å². The fourth-order valence-corrected chi connectivity index (χ4v) is 6.14. The lowest BCUT2D eigenvalue weighted by molar-refractivity contribution is -0.140. The first-order valence-electron chi connectivity index (χ1n) is 7.99. The molecule has 0 aromatic carbocycles. The standard InChI is InChI=1S/C14H20N4O5S2/c1-3-9-13(24-16-15-9)14(20)18-5-4-17(12(19)6-23-2)10-7-25(21,22)8-11(10)18/h10-11H,3-8H2,1-2H3/t10-,11+/m1/s1. The number of ether oxygens (including phenoxy) is 1. The topological polar surface area (TPSA) is 110 Å². The van der Waals surface area contributed by atoms with E-state index in [9.17, 15) is 18.0 Å². The zero-order valence-corrected chi connectivity index (χ0v) is 15.7. The summed E-state index contributed by atoms with van der Waals surface area (Å²) in [5, 5.41) is 3.95. The molecule has 0 bridgehead atoms. The van der Waals surface area contributed by atoms with Crippen LogP contribution in [0.25, 0.3) is 0 Å². The number of hydrogen-bond donors (Lipinski definition) is 0. The van der Waals surface area contributed by atoms with Crippen LogP contribution in [0.4, 0.5) is 0 Å². The second-order valence-corrected chi connectivity index (χ2v) is 9.04. The molecule has 138 valence electrons. The average Bonchev–Trinajstić information content (AvgIpc) is 3.15. The Morgan fingerprint density at radius 2 is 1.88 bits per heavy atom. The van der Waals surface area contributed by atoms with Crippen molar-refractivity contribution in [2.24, 2.45) is 0 Å². The van der Waals surface area contributed by atoms with Crippen LogP contribution in [0.3, 0.4) is 0 Å². The molecule has 2 aliphatic rings. The minimum absolute atomic E-state index is 0.101. The summed E-state index contributed by atoms with van der Waals surface area (Å²) >= 11 is 1.02. The number of carbonyl (C=O) groups is 2. The van der Waals surface area contributed by atoms with E-state index in [0.29, 0.717) is 17.0 Å². The number of rotatable bonds is 4. The third-order valence-electron chi connectivity index (χ3n) is 4.61. The summed E-state index contributed by atoms with van der Waals surface area (Å²) in [4.78, 5) is 28.7. The van der Waals surface area contributed by atoms with Crippen LogP contribution in [0.1, 0.15) is 22.3 Å². The van der Waals surface area contributed by atoms with Crippen LogP contribution in [-0.4, -0.2) is 90.0 Å². The van der Waals surface area contributed by atoms with Crippen LogP contribution in [0.15, 0.2) is 0 Å². The predicted octanol–water partition coefficient (Wildman–Crippen LogP) is -0.803. The van der Waals surface area contributed by atoms with Gasteiger partial charge in [0.25, 0.3) is 5.91 Å². The number of nitrogens with zero attached hydrogens (tertiary/aromatic N) is 4. The van der Waals surface area contributed by atoms with Crippen molar-refractivity contribution in [2.45, 2.75) is 25.4 Å². The predicted molar refractivity (Wildman–Crippen MR) is 90.1 cm³/mol. The minimum Gasteiger partial charge on any atom is -0.375 e. The van der Waals surface area contributed by atoms with Gasteiger partial charge in [-0.3, -0.25) is 9.59 Å². The Hall–Kier alpha value is -1.59. The van der Waals surface area contributed by atoms with E-state index >= 15 is 0 Å². The highest BCUT2D eigenvalue weighted by molar-refractivity contribution is 7.91. The second-order valence-electron chi connectivity index (χ2n) is 6.13. The minimum atomic E-state index is -3.32. The number of sulfone groups is 1. The molecule has 3 heterocycles. The number of hydrogen-bond acceptors (Lipinski definition) is 8. The molecular weight excluding hydrogens is 368 g/mol. The van der Waals surface area contributed by atoms with E-state index in [0.717, 1.165) is 11.5 Å². The summed E-state index contributed by atoms with van der Waals surface area (Å²) in [6.07, 6.45) is 0.580. The lowest BCUT2D eigenvalue weighted by atomic mass is 10.0. The van der Waals surface area contributed by atoms with Gasteiger partial charge in [0.2, 0.25) is 5.91 Å². The largest absolute Gasteiger partial charge is 0.375 e. The maximum Gasteiger partial charge on any atom is 0.267 e. The van der Waals surface area contributed by atoms with Crippen LogP contribution in [0.2, 0.25) is 0 Å². The van der Waals surface area contributed by atoms with Crippen molar-refractivity contribution >= 4 is 33.2 Å². The molecule has 2 saturated heterocycles. The lowest BCUT2D eigenvalue weighted by Gasteiger charge is -2.43. The summed E-state index contributed by atoms with van der Waals surface area (Å²) < 4.78 is 33.1. The Morgan fingerprint density at radius 3 is 2.52 bits per heavy atom. The highest BCUT2D eigenvalue weighted by atomic mass is 32.2. The quantitative estimate of drug-likeness (QED) is 0.664. The molecule has 1 aromatic rings. The van der Waals surface area contributed by atoms with Gasteiger partial charge >= 0.3 is 0 Å². The second kappa shape index (κ2) is 6.96. The molecule has 9 nitrogen and oxygen atoms in total. The van der Waals surface area contributed by atoms with Crippen molar-refractivity contribution in [2.75, 3.05) is 38.3 Å². The van der Waals surface area contributed by atoms with Crippen molar-refractivity contribution < 1.29 is 22.7 Å². The molecule has 0 N–H and O–H groups in total. The van der Waals surface area contributed by atoms with Crippen molar-refractivity contribution in [3.8, 4) is 0 Å². The van der Waals surface area contributed by atoms with Gasteiger partial charge in [-0.1, -0.05) is 11.4 Å². The summed E-state index contributed by atoms with van der Waals surface area (Å²) in [6, 6.07) is -1.07. The van der Waals surface area contributed by atoms with Crippen LogP contribution >= 0.6 is 11.5 Å². The van der Waals surface area contributed by atoms with Crippen LogP contribution in [0, 0.1) is 0 Å². The van der Waals surface area contributed by atoms with Crippen molar-refractivity contribution in [3.05, 3.63) is 10.6 Å². The van der Waals surface area contributed by atoms with E-state index in [1.165, 1.54) is 12.0 Å². The molecule has 0 aliphatic carbocycles. The molecule has 0 spiro atoms. The number of fused-ring (bicyclic) bond motifs is 1. The first-order chi connectivity index (χ1) is 11.9. The zero-order chi connectivity index (χ0) is 18.2. The molecule has 25 heavy (non-hydrogen) atoms. The number of piperazine rings is 1. The van der Waals surface area contributed by atoms with E-state index in [-0.39, 0.29) is 43.0 Å². The van der Waals surface area contributed by atoms with Gasteiger partial charge in [-0.05, 0) is 18.0 Å². The molecule has 2 atom stereocenters. The van der Waals surface area contributed by atoms with Crippen LogP contribution < -0.4 is 0 Å². The smallest absolute Gasteiger partial charge is 0.267 e. The van der Waals surface area contributed by atoms with Gasteiger partial charge in [0.1, 0.15) is 11.5 Å². The molecule has 0 saturated carbocycles. The zero-order valence-electron chi connectivity index (χ0n) is 14.0. The molecule has 0 radical (unpaired) electrons. The Kier molecular flexibility index (Phi) is 5.07. The van der Waals surface area contributed by atoms with Gasteiger partial charge in [-0.15, -0.1) is 5.10 Å². The van der Waals surface area contributed by atoms with E-state index < -0.39 is 21.9 Å². The number of aryl methyl sites for hydroxylation is 1. The number of amides is 2. The van der Waals surface area contributed by atoms with Gasteiger partial charge in [-0.25, -0.2) is 8.42 Å². The molecule has 2 aliphatic heterocycles. The first kappa shape index (κ1) is 18.2. The average molecular weight is 388 g/mol. The van der Waals surface area contributed by atoms with Crippen LogP contribution in [-0.2, 0) is 25.8 Å². The molecule has 2 fully saturated rings. The van der Waals surface area contributed by atoms with E-state index in [2.05, 4.69) is 9.59 Å². The number of carbonyl (C=O) groups excluding carboxylic acids is 2. The molecule has 3 rings (SSSR count). The van der Waals surface area contributed by atoms with Crippen molar-refractivity contribution in [3.63, 3.8) is 0 Å². The van der Waals surface area contributed by atoms with Crippen molar-refractivity contribution in [1.82, 2.24) is 19.4 Å². The summed E-state index contributed by atoms with van der Waals surface area (Å²) in [6.45, 7) is 2.36. The fraction of sp³-hybridized carbons (Fsp3) is 0.714. The van der Waals surface area contributed by atoms with E-state index in [1.54, 1.807) is 4.90 Å². The van der Waals surface area contributed by atoms with Gasteiger partial charge in [0.15, 0.2) is 9.84 Å². The third kappa shape index (κ3) is 3.40. The molecule has 1 aromatic heterocycles. The Balaban J connectivity index is 1.88. The molecule has 2 amide bonds. The van der Waals surface area contributed by atoms with Gasteiger partial charge < -0.3 is 14.5 Å². The Bertz CT molecular complexity index is 778. The summed E-state index contributed by atoms with van der Waals surface area (Å²) in [5.74, 6) is -0.764. The van der Waals surface area contributed by atoms with Gasteiger partial charge in [0.05, 0.1) is 29.3 Å². The Morgan fingerprint density at radius 1 is 1.24 bits per heavy atom. The highest BCUT2D eigenvalue weighted by Crippen LogP contribution is 2.29. The number of aromatic nitrogens is 2. The highest BCUT2D eigenvalue weighted by Gasteiger charge is 2.49. The van der Waals surface area contributed by atoms with Crippen LogP contribution in [0.5, 0.6) is 0 Å². The Labute approximate surface area is 150 Å². The molecule has 11 heteroatoms.